The molecule has 128 valence electrons. The van der Waals surface area contributed by atoms with Crippen LogP contribution in [-0.2, 0) is 9.59 Å². The third-order valence-electron chi connectivity index (χ3n) is 3.67. The molecule has 0 spiro atoms. The Morgan fingerprint density at radius 2 is 2.12 bits per heavy atom. The van der Waals surface area contributed by atoms with Gasteiger partial charge in [0.25, 0.3) is 11.6 Å². The number of hydrogen-bond donors (Lipinski definition) is 2. The molecule has 2 N–H and O–H groups in total. The van der Waals surface area contributed by atoms with Gasteiger partial charge < -0.3 is 15.3 Å². The monoisotopic (exact) mass is 355 g/mol. The molecule has 1 aliphatic heterocycles. The maximum Gasteiger partial charge on any atom is 0.326 e. The van der Waals surface area contributed by atoms with E-state index in [1.54, 1.807) is 0 Å². The Bertz CT molecular complexity index is 708. The molecule has 9 nitrogen and oxygen atoms in total. The van der Waals surface area contributed by atoms with E-state index < -0.39 is 41.0 Å². The molecule has 2 amide bonds. The molecule has 1 fully saturated rings. The number of carbonyl (C=O) groups is 3. The van der Waals surface area contributed by atoms with Crippen molar-refractivity contribution in [2.24, 2.45) is 0 Å². The number of nitrogens with zero attached hydrogens (tertiary/aromatic N) is 2. The van der Waals surface area contributed by atoms with Crippen molar-refractivity contribution in [1.82, 2.24) is 10.2 Å². The highest BCUT2D eigenvalue weighted by Gasteiger charge is 2.34. The van der Waals surface area contributed by atoms with Crippen molar-refractivity contribution in [1.29, 1.82) is 0 Å². The first-order valence-corrected chi connectivity index (χ1v) is 7.44. The third kappa shape index (κ3) is 3.62. The summed E-state index contributed by atoms with van der Waals surface area (Å²) >= 11 is 5.84. The lowest BCUT2D eigenvalue weighted by atomic mass is 10.1. The molecule has 0 aromatic heterocycles. The van der Waals surface area contributed by atoms with Crippen LogP contribution in [0.15, 0.2) is 18.2 Å². The predicted molar refractivity (Wildman–Crippen MR) is 82.8 cm³/mol. The number of carbonyl (C=O) groups excluding carboxylic acids is 2. The average molecular weight is 356 g/mol. The number of amides is 2. The first-order chi connectivity index (χ1) is 11.3. The first-order valence-electron chi connectivity index (χ1n) is 7.06. The standard InChI is InChI=1S/C14H14ClN3O6/c15-8-3-1-4-9(18(23)24)12(8)13(20)16-7-11(19)17-6-2-5-10(17)14(21)22/h1,3-4,10H,2,5-7H2,(H,16,20)(H,21,22)/t10-/m0/s1. The Balaban J connectivity index is 2.08. The number of benzene rings is 1. The number of rotatable bonds is 5. The summed E-state index contributed by atoms with van der Waals surface area (Å²) < 4.78 is 0. The second-order valence-electron chi connectivity index (χ2n) is 5.16. The van der Waals surface area contributed by atoms with E-state index in [2.05, 4.69) is 5.32 Å². The van der Waals surface area contributed by atoms with Crippen molar-refractivity contribution in [2.45, 2.75) is 18.9 Å². The molecular formula is C14H14ClN3O6. The van der Waals surface area contributed by atoms with Crippen LogP contribution in [0, 0.1) is 10.1 Å². The number of aliphatic carboxylic acids is 1. The molecule has 1 atom stereocenters. The van der Waals surface area contributed by atoms with Crippen LogP contribution in [-0.4, -0.2) is 51.8 Å². The lowest BCUT2D eigenvalue weighted by molar-refractivity contribution is -0.385. The lowest BCUT2D eigenvalue weighted by Gasteiger charge is -2.21. The van der Waals surface area contributed by atoms with Gasteiger partial charge in [-0.15, -0.1) is 0 Å². The molecule has 1 aromatic rings. The molecule has 0 radical (unpaired) electrons. The Morgan fingerprint density at radius 1 is 1.42 bits per heavy atom. The van der Waals surface area contributed by atoms with Crippen molar-refractivity contribution in [3.63, 3.8) is 0 Å². The molecular weight excluding hydrogens is 342 g/mol. The van der Waals surface area contributed by atoms with E-state index in [1.807, 2.05) is 0 Å². The predicted octanol–water partition coefficient (Wildman–Crippen LogP) is 1.05. The molecule has 0 aliphatic carbocycles. The number of carboxylic acids is 1. The Labute approximate surface area is 141 Å². The first kappa shape index (κ1) is 17.7. The molecule has 0 unspecified atom stereocenters. The van der Waals surface area contributed by atoms with Crippen molar-refractivity contribution >= 4 is 35.1 Å². The highest BCUT2D eigenvalue weighted by Crippen LogP contribution is 2.26. The molecule has 0 saturated carbocycles. The number of nitro groups is 1. The zero-order valence-corrected chi connectivity index (χ0v) is 13.2. The smallest absolute Gasteiger partial charge is 0.326 e. The SMILES string of the molecule is O=C(NCC(=O)N1CCC[C@H]1C(=O)O)c1c(Cl)cccc1[N+](=O)[O-]. The summed E-state index contributed by atoms with van der Waals surface area (Å²) in [4.78, 5) is 46.7. The van der Waals surface area contributed by atoms with E-state index in [-0.39, 0.29) is 17.1 Å². The maximum atomic E-state index is 12.1. The number of halogens is 1. The van der Waals surface area contributed by atoms with Crippen LogP contribution in [0.1, 0.15) is 23.2 Å². The van der Waals surface area contributed by atoms with Gasteiger partial charge in [-0.25, -0.2) is 4.79 Å². The molecule has 1 saturated heterocycles. The number of likely N-dealkylation sites (tertiary alicyclic amines) is 1. The quantitative estimate of drug-likeness (QED) is 0.599. The Hall–Kier alpha value is -2.68. The second kappa shape index (κ2) is 7.26. The van der Waals surface area contributed by atoms with Crippen LogP contribution >= 0.6 is 11.6 Å². The summed E-state index contributed by atoms with van der Waals surface area (Å²) in [6, 6.07) is 2.88. The molecule has 0 bridgehead atoms. The van der Waals surface area contributed by atoms with Crippen molar-refractivity contribution in [3.8, 4) is 0 Å². The molecule has 1 aromatic carbocycles. The topological polar surface area (TPSA) is 130 Å². The van der Waals surface area contributed by atoms with Gasteiger partial charge in [0, 0.05) is 12.6 Å². The number of nitro benzene ring substituents is 1. The lowest BCUT2D eigenvalue weighted by Crippen LogP contribution is -2.45. The van der Waals surface area contributed by atoms with Crippen molar-refractivity contribution in [2.75, 3.05) is 13.1 Å². The zero-order chi connectivity index (χ0) is 17.9. The zero-order valence-electron chi connectivity index (χ0n) is 12.4. The van der Waals surface area contributed by atoms with E-state index >= 15 is 0 Å². The van der Waals surface area contributed by atoms with Gasteiger partial charge >= 0.3 is 5.97 Å². The van der Waals surface area contributed by atoms with Crippen molar-refractivity contribution in [3.05, 3.63) is 38.9 Å². The molecule has 24 heavy (non-hydrogen) atoms. The highest BCUT2D eigenvalue weighted by atomic mass is 35.5. The Kier molecular flexibility index (Phi) is 5.35. The minimum Gasteiger partial charge on any atom is -0.480 e. The summed E-state index contributed by atoms with van der Waals surface area (Å²) in [6.45, 7) is -0.178. The largest absolute Gasteiger partial charge is 0.480 e. The summed E-state index contributed by atoms with van der Waals surface area (Å²) in [6.07, 6.45) is 0.914. The minimum atomic E-state index is -1.10. The molecule has 1 heterocycles. The summed E-state index contributed by atoms with van der Waals surface area (Å²) in [5.74, 6) is -2.54. The average Bonchev–Trinajstić information content (AvgIpc) is 3.01. The summed E-state index contributed by atoms with van der Waals surface area (Å²) in [5.41, 5.74) is -0.815. The van der Waals surface area contributed by atoms with E-state index in [0.29, 0.717) is 12.8 Å². The van der Waals surface area contributed by atoms with Crippen molar-refractivity contribution < 1.29 is 24.4 Å². The van der Waals surface area contributed by atoms with E-state index in [9.17, 15) is 24.5 Å². The summed E-state index contributed by atoms with van der Waals surface area (Å²) in [7, 11) is 0. The van der Waals surface area contributed by atoms with Crippen LogP contribution in [0.2, 0.25) is 5.02 Å². The number of hydrogen-bond acceptors (Lipinski definition) is 5. The summed E-state index contributed by atoms with van der Waals surface area (Å²) in [5, 5.41) is 22.2. The van der Waals surface area contributed by atoms with Gasteiger partial charge in [-0.1, -0.05) is 17.7 Å². The van der Waals surface area contributed by atoms with Gasteiger partial charge in [-0.2, -0.15) is 0 Å². The van der Waals surface area contributed by atoms with Gasteiger partial charge in [0.1, 0.15) is 11.6 Å². The molecule has 1 aliphatic rings. The van der Waals surface area contributed by atoms with E-state index in [0.717, 1.165) is 6.07 Å². The third-order valence-corrected chi connectivity index (χ3v) is 3.99. The minimum absolute atomic E-state index is 0.112. The van der Waals surface area contributed by atoms with Crippen LogP contribution in [0.5, 0.6) is 0 Å². The molecule has 10 heteroatoms. The van der Waals surface area contributed by atoms with Gasteiger partial charge in [-0.3, -0.25) is 19.7 Å². The fraction of sp³-hybridized carbons (Fsp3) is 0.357. The second-order valence-corrected chi connectivity index (χ2v) is 5.56. The van der Waals surface area contributed by atoms with E-state index in [4.69, 9.17) is 16.7 Å². The highest BCUT2D eigenvalue weighted by molar-refractivity contribution is 6.34. The van der Waals surface area contributed by atoms with Crippen LogP contribution in [0.25, 0.3) is 0 Å². The molecule has 2 rings (SSSR count). The van der Waals surface area contributed by atoms with E-state index in [1.165, 1.54) is 17.0 Å². The normalized spacial score (nSPS) is 16.7. The maximum absolute atomic E-state index is 12.1. The van der Waals surface area contributed by atoms with Gasteiger partial charge in [0.2, 0.25) is 5.91 Å². The van der Waals surface area contributed by atoms with Crippen LogP contribution in [0.4, 0.5) is 5.69 Å². The van der Waals surface area contributed by atoms with Gasteiger partial charge in [0.15, 0.2) is 0 Å². The fourth-order valence-electron chi connectivity index (χ4n) is 2.56. The Morgan fingerprint density at radius 3 is 2.75 bits per heavy atom. The van der Waals surface area contributed by atoms with Crippen LogP contribution in [0.3, 0.4) is 0 Å². The number of nitrogens with one attached hydrogen (secondary N) is 1. The van der Waals surface area contributed by atoms with Crippen LogP contribution < -0.4 is 5.32 Å². The number of carboxylic acid groups (broad SMARTS) is 1. The van der Waals surface area contributed by atoms with Gasteiger partial charge in [-0.05, 0) is 18.9 Å². The fourth-order valence-corrected chi connectivity index (χ4v) is 2.81. The van der Waals surface area contributed by atoms with Gasteiger partial charge in [0.05, 0.1) is 16.5 Å².